The quantitative estimate of drug-likeness (QED) is 0.602. The number of alkyl halides is 3. The Morgan fingerprint density at radius 3 is 2.64 bits per heavy atom. The predicted octanol–water partition coefficient (Wildman–Crippen LogP) is 3.82. The highest BCUT2D eigenvalue weighted by atomic mass is 35.5. The number of carbonyl (C=O) groups excluding carboxylic acids is 1. The average Bonchev–Trinajstić information content (AvgIpc) is 3.08. The van der Waals surface area contributed by atoms with Gasteiger partial charge in [-0.05, 0) is 23.8 Å². The topological polar surface area (TPSA) is 68.5 Å². The molecule has 3 rings (SSSR count). The maximum Gasteiger partial charge on any atom is 0.417 e. The largest absolute Gasteiger partial charge is 0.497 e. The van der Waals surface area contributed by atoms with Crippen LogP contribution in [0.2, 0.25) is 5.02 Å². The fourth-order valence-corrected chi connectivity index (χ4v) is 3.30. The molecular weight excluding hydrogens is 417 g/mol. The molecule has 28 heavy (non-hydrogen) atoms. The highest BCUT2D eigenvalue weighted by molar-refractivity contribution is 7.99. The fraction of sp³-hybridized carbons (Fsp3) is 0.235. The van der Waals surface area contributed by atoms with E-state index >= 15 is 0 Å². The average molecular weight is 431 g/mol. The maximum absolute atomic E-state index is 13.0. The number of benzene rings is 1. The highest BCUT2D eigenvalue weighted by Crippen LogP contribution is 2.33. The minimum absolute atomic E-state index is 0.0369. The van der Waals surface area contributed by atoms with Crippen molar-refractivity contribution in [2.45, 2.75) is 17.9 Å². The van der Waals surface area contributed by atoms with E-state index in [4.69, 9.17) is 16.3 Å². The minimum atomic E-state index is -4.56. The van der Waals surface area contributed by atoms with Gasteiger partial charge >= 0.3 is 6.18 Å². The molecule has 0 unspecified atom stereocenters. The van der Waals surface area contributed by atoms with Crippen LogP contribution in [0.4, 0.5) is 13.2 Å². The molecule has 0 saturated carbocycles. The van der Waals surface area contributed by atoms with Gasteiger partial charge < -0.3 is 10.1 Å². The van der Waals surface area contributed by atoms with Crippen LogP contribution in [-0.4, -0.2) is 33.4 Å². The molecule has 0 atom stereocenters. The molecule has 0 radical (unpaired) electrons. The number of nitrogens with zero attached hydrogens (tertiary/aromatic N) is 3. The van der Waals surface area contributed by atoms with Crippen LogP contribution in [0.3, 0.4) is 0 Å². The summed E-state index contributed by atoms with van der Waals surface area (Å²) >= 11 is 6.83. The summed E-state index contributed by atoms with van der Waals surface area (Å²) in [5.41, 5.74) is 0.0556. The van der Waals surface area contributed by atoms with E-state index in [0.29, 0.717) is 12.3 Å². The molecule has 0 bridgehead atoms. The molecule has 0 saturated heterocycles. The minimum Gasteiger partial charge on any atom is -0.497 e. The van der Waals surface area contributed by atoms with Crippen molar-refractivity contribution in [3.63, 3.8) is 0 Å². The van der Waals surface area contributed by atoms with Gasteiger partial charge in [0.25, 0.3) is 0 Å². The molecule has 1 aromatic carbocycles. The van der Waals surface area contributed by atoms with Crippen LogP contribution in [0.15, 0.2) is 41.7 Å². The van der Waals surface area contributed by atoms with Crippen molar-refractivity contribution in [3.05, 3.63) is 52.7 Å². The smallest absolute Gasteiger partial charge is 0.417 e. The molecule has 0 spiro atoms. The Morgan fingerprint density at radius 1 is 1.29 bits per heavy atom. The Balaban J connectivity index is 1.64. The van der Waals surface area contributed by atoms with Crippen molar-refractivity contribution >= 4 is 34.9 Å². The van der Waals surface area contributed by atoms with E-state index in [1.54, 1.807) is 19.2 Å². The van der Waals surface area contributed by atoms with Crippen LogP contribution < -0.4 is 10.1 Å². The number of halogens is 4. The third-order valence-corrected chi connectivity index (χ3v) is 4.96. The predicted molar refractivity (Wildman–Crippen MR) is 98.6 cm³/mol. The van der Waals surface area contributed by atoms with E-state index in [2.05, 4.69) is 15.5 Å². The van der Waals surface area contributed by atoms with Crippen LogP contribution >= 0.6 is 23.4 Å². The van der Waals surface area contributed by atoms with Crippen molar-refractivity contribution in [1.29, 1.82) is 0 Å². The van der Waals surface area contributed by atoms with Crippen molar-refractivity contribution in [1.82, 2.24) is 19.9 Å². The highest BCUT2D eigenvalue weighted by Gasteiger charge is 2.32. The van der Waals surface area contributed by atoms with Gasteiger partial charge in [-0.2, -0.15) is 13.2 Å². The van der Waals surface area contributed by atoms with Gasteiger partial charge in [-0.1, -0.05) is 35.5 Å². The van der Waals surface area contributed by atoms with E-state index in [1.807, 2.05) is 12.1 Å². The summed E-state index contributed by atoms with van der Waals surface area (Å²) in [6.45, 7) is 0.314. The van der Waals surface area contributed by atoms with Gasteiger partial charge in [-0.15, -0.1) is 10.2 Å². The monoisotopic (exact) mass is 430 g/mol. The van der Waals surface area contributed by atoms with Crippen LogP contribution in [0.1, 0.15) is 11.1 Å². The van der Waals surface area contributed by atoms with Crippen molar-refractivity contribution in [3.8, 4) is 5.75 Å². The molecule has 1 N–H and O–H groups in total. The summed E-state index contributed by atoms with van der Waals surface area (Å²) in [5, 5.41) is 10.3. The normalized spacial score (nSPS) is 11.6. The van der Waals surface area contributed by atoms with Crippen molar-refractivity contribution in [2.24, 2.45) is 0 Å². The number of hydrogen-bond acceptors (Lipinski definition) is 5. The molecule has 2 heterocycles. The Bertz CT molecular complexity index is 992. The second-order valence-electron chi connectivity index (χ2n) is 5.66. The molecule has 6 nitrogen and oxygen atoms in total. The van der Waals surface area contributed by atoms with Gasteiger partial charge in [-0.3, -0.25) is 9.20 Å². The molecule has 11 heteroatoms. The fourth-order valence-electron chi connectivity index (χ4n) is 2.31. The molecule has 0 aliphatic carbocycles. The summed E-state index contributed by atoms with van der Waals surface area (Å²) in [4.78, 5) is 12.0. The number of nitrogens with one attached hydrogen (secondary N) is 1. The first kappa shape index (κ1) is 20.3. The summed E-state index contributed by atoms with van der Waals surface area (Å²) < 4.78 is 45.1. The third kappa shape index (κ3) is 4.68. The molecule has 1 amide bonds. The van der Waals surface area contributed by atoms with E-state index in [1.165, 1.54) is 0 Å². The van der Waals surface area contributed by atoms with Gasteiger partial charge in [0.2, 0.25) is 5.91 Å². The molecule has 0 aliphatic rings. The van der Waals surface area contributed by atoms with Crippen LogP contribution in [0.5, 0.6) is 5.75 Å². The van der Waals surface area contributed by atoms with E-state index < -0.39 is 11.7 Å². The SMILES string of the molecule is COc1ccc(CNC(=O)CSc2nnc3c(Cl)cc(C(F)(F)F)cn23)cc1. The third-order valence-electron chi connectivity index (χ3n) is 3.74. The first-order valence-corrected chi connectivity index (χ1v) is 9.28. The Hall–Kier alpha value is -2.46. The summed E-state index contributed by atoms with van der Waals surface area (Å²) in [6.07, 6.45) is -3.70. The Morgan fingerprint density at radius 2 is 2.00 bits per heavy atom. The number of ether oxygens (including phenoxy) is 1. The zero-order chi connectivity index (χ0) is 20.3. The van der Waals surface area contributed by atoms with Gasteiger partial charge in [0.1, 0.15) is 5.75 Å². The lowest BCUT2D eigenvalue weighted by atomic mass is 10.2. The second kappa shape index (κ2) is 8.27. The lowest BCUT2D eigenvalue weighted by Crippen LogP contribution is -2.24. The number of rotatable bonds is 6. The van der Waals surface area contributed by atoms with Crippen LogP contribution in [0.25, 0.3) is 5.65 Å². The van der Waals surface area contributed by atoms with Gasteiger partial charge in [0.15, 0.2) is 10.8 Å². The Kier molecular flexibility index (Phi) is 5.99. The number of thioether (sulfide) groups is 1. The van der Waals surface area contributed by atoms with Crippen molar-refractivity contribution in [2.75, 3.05) is 12.9 Å². The van der Waals surface area contributed by atoms with E-state index in [9.17, 15) is 18.0 Å². The zero-order valence-electron chi connectivity index (χ0n) is 14.5. The number of methoxy groups -OCH3 is 1. The summed E-state index contributed by atoms with van der Waals surface area (Å²) in [6, 6.07) is 7.99. The number of carbonyl (C=O) groups is 1. The first-order chi connectivity index (χ1) is 13.3. The van der Waals surface area contributed by atoms with Gasteiger partial charge in [0.05, 0.1) is 23.4 Å². The van der Waals surface area contributed by atoms with E-state index in [-0.39, 0.29) is 27.5 Å². The standard InChI is InChI=1S/C17H14ClF3N4O2S/c1-27-12-4-2-10(3-5-12)7-22-14(26)9-28-16-24-23-15-13(18)6-11(8-25(15)16)17(19,20)21/h2-6,8H,7,9H2,1H3,(H,22,26). The number of pyridine rings is 1. The Labute approximate surface area is 167 Å². The van der Waals surface area contributed by atoms with Gasteiger partial charge in [0, 0.05) is 12.7 Å². The molecule has 0 fully saturated rings. The lowest BCUT2D eigenvalue weighted by Gasteiger charge is -2.09. The number of aromatic nitrogens is 3. The molecular formula is C17H14ClF3N4O2S. The molecule has 0 aliphatic heterocycles. The lowest BCUT2D eigenvalue weighted by molar-refractivity contribution is -0.137. The van der Waals surface area contributed by atoms with Gasteiger partial charge in [-0.25, -0.2) is 0 Å². The number of fused-ring (bicyclic) bond motifs is 1. The number of hydrogen-bond donors (Lipinski definition) is 1. The number of amides is 1. The second-order valence-corrected chi connectivity index (χ2v) is 7.01. The zero-order valence-corrected chi connectivity index (χ0v) is 16.0. The molecule has 3 aromatic rings. The van der Waals surface area contributed by atoms with Crippen LogP contribution in [0, 0.1) is 0 Å². The maximum atomic E-state index is 13.0. The first-order valence-electron chi connectivity index (χ1n) is 7.92. The van der Waals surface area contributed by atoms with Crippen molar-refractivity contribution < 1.29 is 22.7 Å². The van der Waals surface area contributed by atoms with E-state index in [0.717, 1.165) is 34.0 Å². The molecule has 148 valence electrons. The van der Waals surface area contributed by atoms with Crippen LogP contribution in [-0.2, 0) is 17.5 Å². The molecule has 2 aromatic heterocycles. The summed E-state index contributed by atoms with van der Waals surface area (Å²) in [5.74, 6) is 0.377. The summed E-state index contributed by atoms with van der Waals surface area (Å²) in [7, 11) is 1.56.